The van der Waals surface area contributed by atoms with Crippen LogP contribution in [-0.2, 0) is 0 Å². The fourth-order valence-electron chi connectivity index (χ4n) is 4.73. The van der Waals surface area contributed by atoms with Gasteiger partial charge in [-0.2, -0.15) is 5.10 Å². The largest absolute Gasteiger partial charge is 0.343 e. The average Bonchev–Trinajstić information content (AvgIpc) is 3.03. The van der Waals surface area contributed by atoms with Gasteiger partial charge in [0.1, 0.15) is 0 Å². The molecule has 24 heavy (non-hydrogen) atoms. The monoisotopic (exact) mass is 324 g/mol. The van der Waals surface area contributed by atoms with E-state index in [-0.39, 0.29) is 11.9 Å². The maximum Gasteiger partial charge on any atom is 0.272 e. The molecule has 2 aromatic rings. The number of amides is 1. The van der Waals surface area contributed by atoms with Crippen molar-refractivity contribution in [2.45, 2.75) is 44.6 Å². The quantitative estimate of drug-likeness (QED) is 0.752. The van der Waals surface area contributed by atoms with E-state index in [2.05, 4.69) is 15.5 Å². The molecule has 0 radical (unpaired) electrons. The second-order valence-corrected chi connectivity index (χ2v) is 7.41. The zero-order valence-corrected chi connectivity index (χ0v) is 13.8. The molecule has 0 saturated heterocycles. The lowest BCUT2D eigenvalue weighted by atomic mass is 9.66. The number of aromatic nitrogens is 2. The topological polar surface area (TPSA) is 81.6 Å². The standard InChI is InChI=1S/C19H24N4O/c20-11-17(14-9-12-4-3-5-13(8-12)10-14)21-19(24)18-15-6-1-2-7-16(15)22-23-18/h1-2,6-7,11-14,17,20H,3-5,8-10H2,(H,21,24)(H,22,23). The van der Waals surface area contributed by atoms with E-state index >= 15 is 0 Å². The number of carbonyl (C=O) groups is 1. The van der Waals surface area contributed by atoms with Crippen LogP contribution in [0.4, 0.5) is 0 Å². The molecule has 5 nitrogen and oxygen atoms in total. The summed E-state index contributed by atoms with van der Waals surface area (Å²) < 4.78 is 0. The average molecular weight is 324 g/mol. The van der Waals surface area contributed by atoms with Crippen molar-refractivity contribution in [1.82, 2.24) is 15.5 Å². The Labute approximate surface area is 141 Å². The van der Waals surface area contributed by atoms with Crippen molar-refractivity contribution in [2.24, 2.45) is 17.8 Å². The Bertz CT molecular complexity index is 741. The third-order valence-corrected chi connectivity index (χ3v) is 5.83. The van der Waals surface area contributed by atoms with Gasteiger partial charge in [-0.05, 0) is 43.1 Å². The zero-order chi connectivity index (χ0) is 16.5. The predicted molar refractivity (Wildman–Crippen MR) is 94.3 cm³/mol. The second kappa shape index (κ2) is 6.38. The number of H-pyrrole nitrogens is 1. The molecule has 2 fully saturated rings. The van der Waals surface area contributed by atoms with Gasteiger partial charge in [-0.25, -0.2) is 0 Å². The lowest BCUT2D eigenvalue weighted by Gasteiger charge is -2.41. The van der Waals surface area contributed by atoms with Crippen LogP contribution in [-0.4, -0.2) is 28.4 Å². The van der Waals surface area contributed by atoms with Crippen LogP contribution in [0, 0.1) is 23.2 Å². The van der Waals surface area contributed by atoms with Crippen molar-refractivity contribution in [2.75, 3.05) is 0 Å². The molecule has 4 rings (SSSR count). The number of fused-ring (bicyclic) bond motifs is 3. The first kappa shape index (κ1) is 15.4. The van der Waals surface area contributed by atoms with Crippen LogP contribution in [0.1, 0.15) is 49.0 Å². The molecule has 1 amide bonds. The van der Waals surface area contributed by atoms with Gasteiger partial charge in [0.05, 0.1) is 11.6 Å². The SMILES string of the molecule is N=CC(NC(=O)c1n[nH]c2ccccc12)C1CC2CCCC(C2)C1. The molecule has 2 aliphatic carbocycles. The van der Waals surface area contributed by atoms with E-state index in [1.807, 2.05) is 24.3 Å². The number of nitrogens with zero attached hydrogens (tertiary/aromatic N) is 1. The van der Waals surface area contributed by atoms with Gasteiger partial charge in [0, 0.05) is 11.6 Å². The van der Waals surface area contributed by atoms with E-state index in [0.29, 0.717) is 11.6 Å². The highest BCUT2D eigenvalue weighted by atomic mass is 16.2. The molecule has 126 valence electrons. The van der Waals surface area contributed by atoms with Crippen LogP contribution in [0.25, 0.3) is 10.9 Å². The summed E-state index contributed by atoms with van der Waals surface area (Å²) in [6.07, 6.45) is 9.02. The molecule has 0 aliphatic heterocycles. The maximum absolute atomic E-state index is 12.7. The molecule has 2 bridgehead atoms. The van der Waals surface area contributed by atoms with E-state index in [9.17, 15) is 4.79 Å². The number of benzene rings is 1. The zero-order valence-electron chi connectivity index (χ0n) is 13.8. The summed E-state index contributed by atoms with van der Waals surface area (Å²) in [5.74, 6) is 1.78. The molecule has 2 aliphatic rings. The second-order valence-electron chi connectivity index (χ2n) is 7.41. The minimum absolute atomic E-state index is 0.184. The summed E-state index contributed by atoms with van der Waals surface area (Å²) in [4.78, 5) is 12.7. The lowest BCUT2D eigenvalue weighted by Crippen LogP contribution is -2.45. The number of hydrogen-bond donors (Lipinski definition) is 3. The number of para-hydroxylation sites is 1. The molecule has 5 heteroatoms. The van der Waals surface area contributed by atoms with Gasteiger partial charge in [-0.1, -0.05) is 37.5 Å². The van der Waals surface area contributed by atoms with Gasteiger partial charge in [0.15, 0.2) is 5.69 Å². The maximum atomic E-state index is 12.7. The van der Waals surface area contributed by atoms with E-state index in [1.165, 1.54) is 31.9 Å². The molecule has 1 heterocycles. The van der Waals surface area contributed by atoms with Crippen LogP contribution in [0.5, 0.6) is 0 Å². The minimum Gasteiger partial charge on any atom is -0.343 e. The fourth-order valence-corrected chi connectivity index (χ4v) is 4.73. The van der Waals surface area contributed by atoms with Crippen molar-refractivity contribution in [3.8, 4) is 0 Å². The highest BCUT2D eigenvalue weighted by molar-refractivity contribution is 6.05. The third-order valence-electron chi connectivity index (χ3n) is 5.83. The summed E-state index contributed by atoms with van der Waals surface area (Å²) in [5, 5.41) is 18.8. The first-order valence-corrected chi connectivity index (χ1v) is 8.99. The fraction of sp³-hybridized carbons (Fsp3) is 0.526. The summed E-state index contributed by atoms with van der Waals surface area (Å²) >= 11 is 0. The minimum atomic E-state index is -0.184. The Morgan fingerprint density at radius 3 is 2.75 bits per heavy atom. The summed E-state index contributed by atoms with van der Waals surface area (Å²) in [7, 11) is 0. The van der Waals surface area contributed by atoms with Crippen LogP contribution < -0.4 is 5.32 Å². The predicted octanol–water partition coefficient (Wildman–Crippen LogP) is 3.53. The van der Waals surface area contributed by atoms with Crippen LogP contribution >= 0.6 is 0 Å². The van der Waals surface area contributed by atoms with E-state index < -0.39 is 0 Å². The number of nitrogens with one attached hydrogen (secondary N) is 3. The molecule has 3 N–H and O–H groups in total. The number of carbonyl (C=O) groups excluding carboxylic acids is 1. The molecule has 3 atom stereocenters. The Balaban J connectivity index is 1.50. The Kier molecular flexibility index (Phi) is 4.08. The van der Waals surface area contributed by atoms with E-state index in [1.54, 1.807) is 0 Å². The van der Waals surface area contributed by atoms with Crippen molar-refractivity contribution < 1.29 is 4.79 Å². The van der Waals surface area contributed by atoms with Crippen molar-refractivity contribution in [1.29, 1.82) is 5.41 Å². The van der Waals surface area contributed by atoms with Crippen molar-refractivity contribution in [3.63, 3.8) is 0 Å². The molecule has 0 spiro atoms. The van der Waals surface area contributed by atoms with E-state index in [4.69, 9.17) is 5.41 Å². The smallest absolute Gasteiger partial charge is 0.272 e. The van der Waals surface area contributed by atoms with Gasteiger partial charge < -0.3 is 10.7 Å². The molecule has 3 unspecified atom stereocenters. The van der Waals surface area contributed by atoms with Gasteiger partial charge in [-0.15, -0.1) is 0 Å². The summed E-state index contributed by atoms with van der Waals surface area (Å²) in [5.41, 5.74) is 1.29. The summed E-state index contributed by atoms with van der Waals surface area (Å²) in [6.45, 7) is 0. The highest BCUT2D eigenvalue weighted by Gasteiger charge is 2.35. The molecule has 1 aromatic carbocycles. The number of aromatic amines is 1. The van der Waals surface area contributed by atoms with Crippen molar-refractivity contribution >= 4 is 23.0 Å². The Morgan fingerprint density at radius 1 is 1.25 bits per heavy atom. The van der Waals surface area contributed by atoms with Gasteiger partial charge in [-0.3, -0.25) is 9.89 Å². The van der Waals surface area contributed by atoms with E-state index in [0.717, 1.165) is 35.6 Å². The van der Waals surface area contributed by atoms with Gasteiger partial charge >= 0.3 is 0 Å². The van der Waals surface area contributed by atoms with Gasteiger partial charge in [0.25, 0.3) is 5.91 Å². The molecule has 2 saturated carbocycles. The van der Waals surface area contributed by atoms with Crippen LogP contribution in [0.2, 0.25) is 0 Å². The highest BCUT2D eigenvalue weighted by Crippen LogP contribution is 2.43. The number of hydrogen-bond acceptors (Lipinski definition) is 3. The first-order valence-electron chi connectivity index (χ1n) is 8.99. The first-order chi connectivity index (χ1) is 11.7. The molecular formula is C19H24N4O. The lowest BCUT2D eigenvalue weighted by molar-refractivity contribution is 0.0886. The Hall–Kier alpha value is -2.17. The van der Waals surface area contributed by atoms with Crippen molar-refractivity contribution in [3.05, 3.63) is 30.0 Å². The third kappa shape index (κ3) is 2.83. The molecular weight excluding hydrogens is 300 g/mol. The normalized spacial score (nSPS) is 27.6. The number of rotatable bonds is 4. The van der Waals surface area contributed by atoms with Gasteiger partial charge in [0.2, 0.25) is 0 Å². The summed E-state index contributed by atoms with van der Waals surface area (Å²) in [6, 6.07) is 7.46. The van der Waals surface area contributed by atoms with Crippen LogP contribution in [0.15, 0.2) is 24.3 Å². The molecule has 1 aromatic heterocycles. The van der Waals surface area contributed by atoms with Crippen LogP contribution in [0.3, 0.4) is 0 Å². The Morgan fingerprint density at radius 2 is 2.00 bits per heavy atom.